The average molecular weight is 710 g/mol. The van der Waals surface area contributed by atoms with Gasteiger partial charge in [0.05, 0.1) is 11.4 Å². The van der Waals surface area contributed by atoms with Crippen molar-refractivity contribution < 1.29 is 8.83 Å². The van der Waals surface area contributed by atoms with Crippen molar-refractivity contribution >= 4 is 71.7 Å². The smallest absolute Gasteiger partial charge is 0.137 e. The second kappa shape index (κ2) is 13.1. The van der Waals surface area contributed by atoms with Crippen molar-refractivity contribution in [3.63, 3.8) is 0 Å². The molecule has 0 radical (unpaired) electrons. The molecule has 3 heteroatoms. The number of furan rings is 2. The molecule has 264 valence electrons. The van der Waals surface area contributed by atoms with E-state index in [-0.39, 0.29) is 0 Å². The molecule has 0 amide bonds. The standard InChI is InChI=1S/C52H39NO2/c1-2-15-34(16-3-1)37-23-12-17-35-18-13-24-42(51(35)37)38-19-4-8-26-45(38)53(36-31-32-41-40-21-6-10-28-47(40)55-50(41)33-36)46-27-9-5-20-39(46)43-25-14-30-49-52(43)44-22-7-11-29-48(44)54-49/h4-14,17-34H,1-3,15-16H2. The van der Waals surface area contributed by atoms with Gasteiger partial charge in [-0.05, 0) is 88.7 Å². The maximum Gasteiger partial charge on any atom is 0.137 e. The Bertz CT molecular complexity index is 3040. The predicted octanol–water partition coefficient (Wildman–Crippen LogP) is 15.5. The van der Waals surface area contributed by atoms with Gasteiger partial charge < -0.3 is 13.7 Å². The van der Waals surface area contributed by atoms with Crippen molar-refractivity contribution in [2.75, 3.05) is 4.90 Å². The summed E-state index contributed by atoms with van der Waals surface area (Å²) in [6, 6.07) is 61.3. The van der Waals surface area contributed by atoms with Crippen molar-refractivity contribution in [3.8, 4) is 22.3 Å². The average Bonchev–Trinajstić information content (AvgIpc) is 3.82. The summed E-state index contributed by atoms with van der Waals surface area (Å²) < 4.78 is 13.0. The molecule has 10 aromatic rings. The van der Waals surface area contributed by atoms with Gasteiger partial charge >= 0.3 is 0 Å². The predicted molar refractivity (Wildman–Crippen MR) is 230 cm³/mol. The second-order valence-corrected chi connectivity index (χ2v) is 15.0. The minimum atomic E-state index is 0.573. The van der Waals surface area contributed by atoms with E-state index >= 15 is 0 Å². The molecule has 2 heterocycles. The maximum absolute atomic E-state index is 6.54. The molecule has 3 nitrogen and oxygen atoms in total. The van der Waals surface area contributed by atoms with Crippen molar-refractivity contribution in [2.24, 2.45) is 0 Å². The number of benzene rings is 8. The van der Waals surface area contributed by atoms with E-state index in [4.69, 9.17) is 8.83 Å². The molecule has 0 atom stereocenters. The van der Waals surface area contributed by atoms with Crippen LogP contribution in [0.15, 0.2) is 179 Å². The van der Waals surface area contributed by atoms with E-state index in [0.717, 1.165) is 72.1 Å². The van der Waals surface area contributed by atoms with E-state index in [1.807, 2.05) is 12.1 Å². The monoisotopic (exact) mass is 709 g/mol. The molecule has 1 aliphatic rings. The zero-order valence-corrected chi connectivity index (χ0v) is 30.5. The van der Waals surface area contributed by atoms with Crippen LogP contribution < -0.4 is 4.90 Å². The van der Waals surface area contributed by atoms with Gasteiger partial charge in [0, 0.05) is 44.4 Å². The lowest BCUT2D eigenvalue weighted by Crippen LogP contribution is -2.12. The summed E-state index contributed by atoms with van der Waals surface area (Å²) in [6.45, 7) is 0. The molecule has 0 bridgehead atoms. The number of fused-ring (bicyclic) bond motifs is 7. The highest BCUT2D eigenvalue weighted by atomic mass is 16.3. The van der Waals surface area contributed by atoms with Gasteiger partial charge in [-0.25, -0.2) is 0 Å². The van der Waals surface area contributed by atoms with Crippen LogP contribution in [0.1, 0.15) is 43.6 Å². The van der Waals surface area contributed by atoms with E-state index in [1.54, 1.807) is 0 Å². The number of hydrogen-bond acceptors (Lipinski definition) is 3. The Morgan fingerprint density at radius 2 is 0.945 bits per heavy atom. The Hall–Kier alpha value is -6.58. The van der Waals surface area contributed by atoms with E-state index < -0.39 is 0 Å². The third kappa shape index (κ3) is 5.26. The van der Waals surface area contributed by atoms with Gasteiger partial charge in [0.15, 0.2) is 0 Å². The number of para-hydroxylation sites is 4. The van der Waals surface area contributed by atoms with Crippen LogP contribution in [0.2, 0.25) is 0 Å². The zero-order chi connectivity index (χ0) is 36.3. The van der Waals surface area contributed by atoms with Gasteiger partial charge in [0.2, 0.25) is 0 Å². The van der Waals surface area contributed by atoms with Crippen LogP contribution in [0.3, 0.4) is 0 Å². The summed E-state index contributed by atoms with van der Waals surface area (Å²) in [7, 11) is 0. The van der Waals surface area contributed by atoms with Crippen LogP contribution in [-0.2, 0) is 0 Å². The number of nitrogens with zero attached hydrogens (tertiary/aromatic N) is 1. The van der Waals surface area contributed by atoms with Crippen molar-refractivity contribution in [3.05, 3.63) is 175 Å². The highest BCUT2D eigenvalue weighted by molar-refractivity contribution is 6.14. The summed E-state index contributed by atoms with van der Waals surface area (Å²) in [6.07, 6.45) is 6.44. The molecule has 2 aromatic heterocycles. The maximum atomic E-state index is 6.54. The second-order valence-electron chi connectivity index (χ2n) is 15.0. The molecular weight excluding hydrogens is 671 g/mol. The lowest BCUT2D eigenvalue weighted by atomic mass is 9.80. The SMILES string of the molecule is c1ccc(N(c2ccc3c(c2)oc2ccccc23)c2ccccc2-c2cccc3oc4ccccc4c23)c(-c2cccc3cccc(C4CCCCC4)c23)c1. The molecule has 1 saturated carbocycles. The molecule has 11 rings (SSSR count). The van der Waals surface area contributed by atoms with Crippen molar-refractivity contribution in [2.45, 2.75) is 38.0 Å². The minimum absolute atomic E-state index is 0.573. The molecule has 0 aliphatic heterocycles. The molecule has 0 saturated heterocycles. The van der Waals surface area contributed by atoms with Gasteiger partial charge in [-0.2, -0.15) is 0 Å². The summed E-state index contributed by atoms with van der Waals surface area (Å²) in [5.41, 5.74) is 13.0. The number of hydrogen-bond donors (Lipinski definition) is 0. The summed E-state index contributed by atoms with van der Waals surface area (Å²) in [4.78, 5) is 2.44. The first kappa shape index (κ1) is 31.9. The Morgan fingerprint density at radius 1 is 0.400 bits per heavy atom. The Labute approximate surface area is 320 Å². The van der Waals surface area contributed by atoms with Crippen LogP contribution in [0, 0.1) is 0 Å². The van der Waals surface area contributed by atoms with Gasteiger partial charge in [0.25, 0.3) is 0 Å². The van der Waals surface area contributed by atoms with Gasteiger partial charge in [-0.15, -0.1) is 0 Å². The topological polar surface area (TPSA) is 29.5 Å². The third-order valence-corrected chi connectivity index (χ3v) is 11.9. The van der Waals surface area contributed by atoms with Gasteiger partial charge in [-0.3, -0.25) is 0 Å². The van der Waals surface area contributed by atoms with Crippen molar-refractivity contribution in [1.82, 2.24) is 0 Å². The normalized spacial score (nSPS) is 13.7. The van der Waals surface area contributed by atoms with Gasteiger partial charge in [-0.1, -0.05) is 141 Å². The molecule has 0 N–H and O–H groups in total. The van der Waals surface area contributed by atoms with Crippen LogP contribution in [0.5, 0.6) is 0 Å². The fraction of sp³-hybridized carbons (Fsp3) is 0.115. The highest BCUT2D eigenvalue weighted by Crippen LogP contribution is 2.49. The lowest BCUT2D eigenvalue weighted by molar-refractivity contribution is 0.445. The molecule has 0 unspecified atom stereocenters. The molecular formula is C52H39NO2. The fourth-order valence-electron chi connectivity index (χ4n) is 9.40. The van der Waals surface area contributed by atoms with Gasteiger partial charge in [0.1, 0.15) is 22.3 Å². The quantitative estimate of drug-likeness (QED) is 0.172. The van der Waals surface area contributed by atoms with Crippen LogP contribution in [0.4, 0.5) is 17.1 Å². The van der Waals surface area contributed by atoms with Crippen LogP contribution in [0.25, 0.3) is 76.9 Å². The highest BCUT2D eigenvalue weighted by Gasteiger charge is 2.25. The summed E-state index contributed by atoms with van der Waals surface area (Å²) in [5, 5.41) is 7.15. The summed E-state index contributed by atoms with van der Waals surface area (Å²) in [5.74, 6) is 0.573. The Morgan fingerprint density at radius 3 is 1.71 bits per heavy atom. The largest absolute Gasteiger partial charge is 0.456 e. The molecule has 1 fully saturated rings. The zero-order valence-electron chi connectivity index (χ0n) is 30.5. The third-order valence-electron chi connectivity index (χ3n) is 11.9. The van der Waals surface area contributed by atoms with E-state index in [2.05, 4.69) is 163 Å². The summed E-state index contributed by atoms with van der Waals surface area (Å²) >= 11 is 0. The van der Waals surface area contributed by atoms with E-state index in [0.29, 0.717) is 5.92 Å². The molecule has 1 aliphatic carbocycles. The van der Waals surface area contributed by atoms with Crippen LogP contribution >= 0.6 is 0 Å². The number of anilines is 3. The molecule has 8 aromatic carbocycles. The Kier molecular flexibility index (Phi) is 7.58. The van der Waals surface area contributed by atoms with E-state index in [9.17, 15) is 0 Å². The first-order valence-corrected chi connectivity index (χ1v) is 19.6. The fourth-order valence-corrected chi connectivity index (χ4v) is 9.40. The molecule has 55 heavy (non-hydrogen) atoms. The van der Waals surface area contributed by atoms with Crippen LogP contribution in [-0.4, -0.2) is 0 Å². The molecule has 0 spiro atoms. The number of rotatable bonds is 6. The minimum Gasteiger partial charge on any atom is -0.456 e. The van der Waals surface area contributed by atoms with Crippen molar-refractivity contribution in [1.29, 1.82) is 0 Å². The lowest BCUT2D eigenvalue weighted by Gasteiger charge is -2.30. The first-order chi connectivity index (χ1) is 27.3. The first-order valence-electron chi connectivity index (χ1n) is 19.6. The Balaban J connectivity index is 1.19. The van der Waals surface area contributed by atoms with E-state index in [1.165, 1.54) is 59.6 Å².